The number of rotatable bonds is 9. The van der Waals surface area contributed by atoms with Crippen molar-refractivity contribution in [1.82, 2.24) is 10.1 Å². The highest BCUT2D eigenvalue weighted by molar-refractivity contribution is 7.59. The number of hydrogen-bond acceptors (Lipinski definition) is 8. The molecule has 0 aliphatic carbocycles. The zero-order valence-corrected chi connectivity index (χ0v) is 18.3. The number of carbonyl (C=O) groups is 1. The first kappa shape index (κ1) is 24.8. The molecule has 0 radical (unpaired) electrons. The summed E-state index contributed by atoms with van der Waals surface area (Å²) in [5, 5.41) is 14.0. The van der Waals surface area contributed by atoms with Crippen LogP contribution in [0.15, 0.2) is 30.5 Å². The summed E-state index contributed by atoms with van der Waals surface area (Å²) in [7, 11) is -3.37. The molecule has 1 unspecified atom stereocenters. The van der Waals surface area contributed by atoms with E-state index in [0.717, 1.165) is 0 Å². The lowest BCUT2D eigenvalue weighted by molar-refractivity contribution is -0.383. The third-order valence-electron chi connectivity index (χ3n) is 3.55. The SMILES string of the molecule is CC(C)OC(=O)[C@H](C)NP(C)(=O)OCOc1ccc([N+](=O)[O-])c2cccnc12.S. The number of nitrogens with zero attached hydrogens (tertiary/aromatic N) is 2. The summed E-state index contributed by atoms with van der Waals surface area (Å²) in [4.78, 5) is 26.5. The number of carbonyl (C=O) groups excluding carboxylic acids is 1. The van der Waals surface area contributed by atoms with E-state index in [4.69, 9.17) is 14.0 Å². The van der Waals surface area contributed by atoms with Crippen LogP contribution in [0, 0.1) is 10.1 Å². The fraction of sp³-hybridized carbons (Fsp3) is 0.412. The van der Waals surface area contributed by atoms with E-state index in [1.807, 2.05) is 0 Å². The molecular formula is C17H24N3O7PS. The van der Waals surface area contributed by atoms with Gasteiger partial charge in [0.15, 0.2) is 6.79 Å². The Morgan fingerprint density at radius 3 is 2.62 bits per heavy atom. The lowest BCUT2D eigenvalue weighted by atomic mass is 10.1. The Bertz CT molecular complexity index is 925. The first-order valence-corrected chi connectivity index (χ1v) is 10.5. The molecule has 12 heteroatoms. The second-order valence-electron chi connectivity index (χ2n) is 6.31. The van der Waals surface area contributed by atoms with E-state index >= 15 is 0 Å². The smallest absolute Gasteiger partial charge is 0.323 e. The van der Waals surface area contributed by atoms with Crippen molar-refractivity contribution in [3.63, 3.8) is 0 Å². The maximum Gasteiger partial charge on any atom is 0.323 e. The van der Waals surface area contributed by atoms with Crippen LogP contribution in [-0.2, 0) is 18.6 Å². The first-order chi connectivity index (χ1) is 13.1. The maximum atomic E-state index is 12.5. The average molecular weight is 445 g/mol. The molecule has 0 amide bonds. The number of aromatic nitrogens is 1. The first-order valence-electron chi connectivity index (χ1n) is 8.46. The van der Waals surface area contributed by atoms with Gasteiger partial charge in [0.25, 0.3) is 13.2 Å². The Labute approximate surface area is 175 Å². The number of esters is 1. The molecular weight excluding hydrogens is 421 g/mol. The molecule has 2 rings (SSSR count). The molecule has 2 aromatic rings. The van der Waals surface area contributed by atoms with Crippen molar-refractivity contribution in [1.29, 1.82) is 0 Å². The summed E-state index contributed by atoms with van der Waals surface area (Å²) in [6.07, 6.45) is 1.19. The topological polar surface area (TPSA) is 130 Å². The number of benzene rings is 1. The van der Waals surface area contributed by atoms with Gasteiger partial charge in [0.2, 0.25) is 0 Å². The van der Waals surface area contributed by atoms with Gasteiger partial charge in [-0.15, -0.1) is 0 Å². The molecule has 0 fully saturated rings. The van der Waals surface area contributed by atoms with Crippen LogP contribution in [0.25, 0.3) is 10.9 Å². The zero-order valence-electron chi connectivity index (χ0n) is 16.4. The molecule has 10 nitrogen and oxygen atoms in total. The molecule has 0 spiro atoms. The van der Waals surface area contributed by atoms with E-state index in [0.29, 0.717) is 5.39 Å². The van der Waals surface area contributed by atoms with E-state index in [1.54, 1.807) is 26.0 Å². The van der Waals surface area contributed by atoms with E-state index in [9.17, 15) is 19.5 Å². The van der Waals surface area contributed by atoms with E-state index in [1.165, 1.54) is 31.9 Å². The van der Waals surface area contributed by atoms with Gasteiger partial charge in [-0.1, -0.05) is 0 Å². The highest BCUT2D eigenvalue weighted by Gasteiger charge is 2.25. The Morgan fingerprint density at radius 1 is 1.31 bits per heavy atom. The van der Waals surface area contributed by atoms with Crippen molar-refractivity contribution < 1.29 is 28.3 Å². The summed E-state index contributed by atoms with van der Waals surface area (Å²) in [6.45, 7) is 5.84. The van der Waals surface area contributed by atoms with Crippen molar-refractivity contribution in [3.8, 4) is 5.75 Å². The van der Waals surface area contributed by atoms with Gasteiger partial charge in [0, 0.05) is 18.9 Å². The Hall–Kier alpha value is -2.20. The van der Waals surface area contributed by atoms with E-state index in [-0.39, 0.29) is 36.6 Å². The highest BCUT2D eigenvalue weighted by Crippen LogP contribution is 2.39. The Morgan fingerprint density at radius 2 is 2.00 bits per heavy atom. The van der Waals surface area contributed by atoms with Gasteiger partial charge in [-0.3, -0.25) is 29.0 Å². The van der Waals surface area contributed by atoms with Gasteiger partial charge in [0.1, 0.15) is 17.3 Å². The fourth-order valence-corrected chi connectivity index (χ4v) is 3.51. The van der Waals surface area contributed by atoms with Crippen LogP contribution in [-0.4, -0.2) is 41.5 Å². The molecule has 160 valence electrons. The van der Waals surface area contributed by atoms with Crippen molar-refractivity contribution >= 4 is 43.6 Å². The summed E-state index contributed by atoms with van der Waals surface area (Å²) in [5.41, 5.74) is 0.185. The van der Waals surface area contributed by atoms with Crippen LogP contribution in [0.1, 0.15) is 20.8 Å². The number of pyridine rings is 1. The van der Waals surface area contributed by atoms with Crippen LogP contribution in [0.4, 0.5) is 5.69 Å². The minimum absolute atomic E-state index is 0. The third-order valence-corrected chi connectivity index (χ3v) is 5.01. The molecule has 1 aromatic heterocycles. The molecule has 0 bridgehead atoms. The molecule has 2 atom stereocenters. The lowest BCUT2D eigenvalue weighted by Crippen LogP contribution is -2.35. The Kier molecular flexibility index (Phi) is 9.03. The quantitative estimate of drug-likeness (QED) is 0.203. The number of nitrogens with one attached hydrogen (secondary N) is 1. The summed E-state index contributed by atoms with van der Waals surface area (Å²) < 4.78 is 28.2. The van der Waals surface area contributed by atoms with Crippen LogP contribution < -0.4 is 9.82 Å². The predicted octanol–water partition coefficient (Wildman–Crippen LogP) is 3.36. The lowest BCUT2D eigenvalue weighted by Gasteiger charge is -2.20. The van der Waals surface area contributed by atoms with Crippen LogP contribution in [0.2, 0.25) is 0 Å². The minimum Gasteiger partial charge on any atom is -0.465 e. The van der Waals surface area contributed by atoms with Crippen molar-refractivity contribution in [2.24, 2.45) is 0 Å². The number of fused-ring (bicyclic) bond motifs is 1. The van der Waals surface area contributed by atoms with Crippen LogP contribution in [0.3, 0.4) is 0 Å². The van der Waals surface area contributed by atoms with Crippen LogP contribution in [0.5, 0.6) is 5.75 Å². The standard InChI is InChI=1S/C17H22N3O7P.H2S/c1-11(2)27-17(21)12(3)19-28(4,24)26-10-25-15-8-7-14(20(22)23)13-6-5-9-18-16(13)15;/h5-9,11-12H,10H2,1-4H3,(H,19,24);1H2/t12-,28?;/m0./s1. The molecule has 0 aliphatic rings. The van der Waals surface area contributed by atoms with E-state index in [2.05, 4.69) is 10.1 Å². The monoisotopic (exact) mass is 445 g/mol. The summed E-state index contributed by atoms with van der Waals surface area (Å²) >= 11 is 0. The van der Waals surface area contributed by atoms with Crippen LogP contribution >= 0.6 is 21.0 Å². The summed E-state index contributed by atoms with van der Waals surface area (Å²) in [6, 6.07) is 5.00. The van der Waals surface area contributed by atoms with Gasteiger partial charge in [-0.05, 0) is 39.0 Å². The zero-order chi connectivity index (χ0) is 20.9. The van der Waals surface area contributed by atoms with Gasteiger partial charge >= 0.3 is 5.97 Å². The van der Waals surface area contributed by atoms with E-state index < -0.39 is 31.2 Å². The second-order valence-corrected chi connectivity index (χ2v) is 8.52. The highest BCUT2D eigenvalue weighted by atomic mass is 32.1. The molecule has 0 saturated heterocycles. The number of nitro benzene ring substituents is 1. The van der Waals surface area contributed by atoms with Gasteiger partial charge in [0.05, 0.1) is 16.4 Å². The average Bonchev–Trinajstić information content (AvgIpc) is 2.60. The van der Waals surface area contributed by atoms with Gasteiger partial charge < -0.3 is 9.47 Å². The molecule has 1 N–H and O–H groups in total. The normalized spacial score (nSPS) is 14.0. The third kappa shape index (κ3) is 6.97. The van der Waals surface area contributed by atoms with Gasteiger partial charge in [-0.2, -0.15) is 13.5 Å². The second kappa shape index (κ2) is 10.5. The maximum absolute atomic E-state index is 12.5. The van der Waals surface area contributed by atoms with Crippen molar-refractivity contribution in [3.05, 3.63) is 40.6 Å². The van der Waals surface area contributed by atoms with Crippen molar-refractivity contribution in [2.45, 2.75) is 32.9 Å². The molecule has 1 heterocycles. The Balaban J connectivity index is 0.00000420. The number of non-ortho nitro benzene ring substituents is 1. The molecule has 0 saturated carbocycles. The molecule has 1 aromatic carbocycles. The molecule has 29 heavy (non-hydrogen) atoms. The number of ether oxygens (including phenoxy) is 2. The summed E-state index contributed by atoms with van der Waals surface area (Å²) in [5.74, 6) is -0.305. The molecule has 0 aliphatic heterocycles. The predicted molar refractivity (Wildman–Crippen MR) is 113 cm³/mol. The van der Waals surface area contributed by atoms with Crippen molar-refractivity contribution in [2.75, 3.05) is 13.5 Å². The minimum atomic E-state index is -3.37. The number of nitro groups is 1. The van der Waals surface area contributed by atoms with Gasteiger partial charge in [-0.25, -0.2) is 5.09 Å². The fourth-order valence-electron chi connectivity index (χ4n) is 2.37. The number of hydrogen-bond donors (Lipinski definition) is 1. The largest absolute Gasteiger partial charge is 0.465 e.